The molecule has 0 saturated carbocycles. The highest BCUT2D eigenvalue weighted by Gasteiger charge is 2.35. The van der Waals surface area contributed by atoms with Crippen LogP contribution >= 0.6 is 0 Å². The van der Waals surface area contributed by atoms with Crippen molar-refractivity contribution in [1.29, 1.82) is 0 Å². The van der Waals surface area contributed by atoms with E-state index in [1.54, 1.807) is 12.0 Å². The molecule has 0 radical (unpaired) electrons. The van der Waals surface area contributed by atoms with E-state index in [1.165, 1.54) is 0 Å². The number of nitrogens with zero attached hydrogens (tertiary/aromatic N) is 1. The van der Waals surface area contributed by atoms with Crippen LogP contribution in [0.5, 0.6) is 11.5 Å². The maximum absolute atomic E-state index is 12.8. The van der Waals surface area contributed by atoms with Crippen LogP contribution in [0.15, 0.2) is 18.2 Å². The van der Waals surface area contributed by atoms with E-state index in [0.29, 0.717) is 26.1 Å². The standard InChI is InChI=1S/C19H27N3O4/c1-18(2)12-22(10-13-5-6-14(25-4)9-15(13)26-18)17(24)20-11-19(3)8-7-16(23)21-19/h5-6,9H,7-8,10-12H2,1-4H3,(H,20,24)(H,21,23)/t19-/m0/s1. The number of hydrogen-bond acceptors (Lipinski definition) is 4. The number of ether oxygens (including phenoxy) is 2. The van der Waals surface area contributed by atoms with Crippen molar-refractivity contribution in [1.82, 2.24) is 15.5 Å². The first-order chi connectivity index (χ1) is 12.2. The minimum atomic E-state index is -0.527. The van der Waals surface area contributed by atoms with E-state index in [0.717, 1.165) is 23.5 Å². The molecule has 0 unspecified atom stereocenters. The van der Waals surface area contributed by atoms with Crippen molar-refractivity contribution in [3.05, 3.63) is 23.8 Å². The molecule has 3 rings (SSSR count). The van der Waals surface area contributed by atoms with Gasteiger partial charge in [0, 0.05) is 24.6 Å². The molecule has 1 aromatic carbocycles. The zero-order valence-corrected chi connectivity index (χ0v) is 15.8. The predicted octanol–water partition coefficient (Wildman–Crippen LogP) is 2.05. The highest BCUT2D eigenvalue weighted by Crippen LogP contribution is 2.32. The average molecular weight is 361 g/mol. The molecule has 3 amide bonds. The molecule has 2 aliphatic rings. The molecule has 2 heterocycles. The van der Waals surface area contributed by atoms with Crippen LogP contribution in [-0.2, 0) is 11.3 Å². The lowest BCUT2D eigenvalue weighted by Crippen LogP contribution is -2.53. The third kappa shape index (κ3) is 4.03. The minimum absolute atomic E-state index is 0.0360. The predicted molar refractivity (Wildman–Crippen MR) is 97.3 cm³/mol. The van der Waals surface area contributed by atoms with Gasteiger partial charge in [-0.25, -0.2) is 4.79 Å². The third-order valence-electron chi connectivity index (χ3n) is 4.86. The van der Waals surface area contributed by atoms with Crippen molar-refractivity contribution in [2.45, 2.75) is 51.3 Å². The molecule has 1 fully saturated rings. The van der Waals surface area contributed by atoms with E-state index < -0.39 is 5.60 Å². The number of methoxy groups -OCH3 is 1. The van der Waals surface area contributed by atoms with Crippen LogP contribution in [0.4, 0.5) is 4.79 Å². The molecule has 1 aromatic rings. The molecule has 2 N–H and O–H groups in total. The fourth-order valence-corrected chi connectivity index (χ4v) is 3.45. The quantitative estimate of drug-likeness (QED) is 0.863. The Morgan fingerprint density at radius 3 is 2.81 bits per heavy atom. The van der Waals surface area contributed by atoms with Crippen LogP contribution in [-0.4, -0.2) is 48.2 Å². The van der Waals surface area contributed by atoms with Crippen LogP contribution in [0.3, 0.4) is 0 Å². The maximum atomic E-state index is 12.8. The van der Waals surface area contributed by atoms with Gasteiger partial charge in [-0.15, -0.1) is 0 Å². The zero-order valence-electron chi connectivity index (χ0n) is 15.8. The molecule has 0 spiro atoms. The van der Waals surface area contributed by atoms with Gasteiger partial charge in [0.15, 0.2) is 0 Å². The average Bonchev–Trinajstić information content (AvgIpc) is 2.84. The molecule has 7 nitrogen and oxygen atoms in total. The lowest BCUT2D eigenvalue weighted by molar-refractivity contribution is -0.119. The summed E-state index contributed by atoms with van der Waals surface area (Å²) in [5.74, 6) is 1.50. The van der Waals surface area contributed by atoms with Crippen LogP contribution in [0.1, 0.15) is 39.2 Å². The topological polar surface area (TPSA) is 79.9 Å². The van der Waals surface area contributed by atoms with Gasteiger partial charge in [-0.2, -0.15) is 0 Å². The SMILES string of the molecule is COc1ccc2c(c1)OC(C)(C)CN(C(=O)NC[C@]1(C)CCC(=O)N1)C2. The van der Waals surface area contributed by atoms with E-state index in [9.17, 15) is 9.59 Å². The van der Waals surface area contributed by atoms with Gasteiger partial charge in [-0.3, -0.25) is 4.79 Å². The smallest absolute Gasteiger partial charge is 0.317 e. The van der Waals surface area contributed by atoms with Crippen LogP contribution in [0.2, 0.25) is 0 Å². The van der Waals surface area contributed by atoms with Gasteiger partial charge in [0.1, 0.15) is 17.1 Å². The number of hydrogen-bond donors (Lipinski definition) is 2. The summed E-state index contributed by atoms with van der Waals surface area (Å²) in [6, 6.07) is 5.49. The second-order valence-electron chi connectivity index (χ2n) is 7.96. The summed E-state index contributed by atoms with van der Waals surface area (Å²) in [4.78, 5) is 26.0. The molecule has 1 atom stereocenters. The highest BCUT2D eigenvalue weighted by atomic mass is 16.5. The highest BCUT2D eigenvalue weighted by molar-refractivity contribution is 5.80. The number of fused-ring (bicyclic) bond motifs is 1. The van der Waals surface area contributed by atoms with Crippen molar-refractivity contribution in [2.24, 2.45) is 0 Å². The summed E-state index contributed by atoms with van der Waals surface area (Å²) in [5, 5.41) is 5.90. The first-order valence-electron chi connectivity index (χ1n) is 8.89. The number of carbonyl (C=O) groups is 2. The lowest BCUT2D eigenvalue weighted by Gasteiger charge is -2.31. The van der Waals surface area contributed by atoms with E-state index in [4.69, 9.17) is 9.47 Å². The van der Waals surface area contributed by atoms with E-state index >= 15 is 0 Å². The Bertz CT molecular complexity index is 719. The fraction of sp³-hybridized carbons (Fsp3) is 0.579. The first kappa shape index (κ1) is 18.4. The van der Waals surface area contributed by atoms with Crippen molar-refractivity contribution in [3.8, 4) is 11.5 Å². The van der Waals surface area contributed by atoms with Crippen LogP contribution < -0.4 is 20.1 Å². The van der Waals surface area contributed by atoms with Crippen LogP contribution in [0.25, 0.3) is 0 Å². The molecule has 1 saturated heterocycles. The molecule has 0 bridgehead atoms. The van der Waals surface area contributed by atoms with E-state index in [2.05, 4.69) is 10.6 Å². The summed E-state index contributed by atoms with van der Waals surface area (Å²) < 4.78 is 11.4. The number of carbonyl (C=O) groups excluding carboxylic acids is 2. The zero-order chi connectivity index (χ0) is 18.9. The number of rotatable bonds is 3. The van der Waals surface area contributed by atoms with Crippen molar-refractivity contribution in [3.63, 3.8) is 0 Å². The van der Waals surface area contributed by atoms with Gasteiger partial charge in [-0.05, 0) is 39.3 Å². The number of amides is 3. The monoisotopic (exact) mass is 361 g/mol. The largest absolute Gasteiger partial charge is 0.497 e. The van der Waals surface area contributed by atoms with Gasteiger partial charge < -0.3 is 25.0 Å². The number of nitrogens with one attached hydrogen (secondary N) is 2. The van der Waals surface area contributed by atoms with Gasteiger partial charge >= 0.3 is 6.03 Å². The maximum Gasteiger partial charge on any atom is 0.317 e. The summed E-state index contributed by atoms with van der Waals surface area (Å²) >= 11 is 0. The Morgan fingerprint density at radius 2 is 2.15 bits per heavy atom. The molecule has 0 aromatic heterocycles. The van der Waals surface area contributed by atoms with Gasteiger partial charge in [0.2, 0.25) is 5.91 Å². The summed E-state index contributed by atoms with van der Waals surface area (Å²) in [5.41, 5.74) is 0.0305. The first-order valence-corrected chi connectivity index (χ1v) is 8.89. The van der Waals surface area contributed by atoms with E-state index in [1.807, 2.05) is 39.0 Å². The Labute approximate surface area is 154 Å². The Kier molecular flexibility index (Phi) is 4.73. The molecular formula is C19H27N3O4. The fourth-order valence-electron chi connectivity index (χ4n) is 3.45. The van der Waals surface area contributed by atoms with Gasteiger partial charge in [0.25, 0.3) is 0 Å². The second kappa shape index (κ2) is 6.70. The summed E-state index contributed by atoms with van der Waals surface area (Å²) in [6.07, 6.45) is 1.23. The lowest BCUT2D eigenvalue weighted by atomic mass is 10.0. The van der Waals surface area contributed by atoms with Gasteiger partial charge in [-0.1, -0.05) is 0 Å². The number of benzene rings is 1. The van der Waals surface area contributed by atoms with Crippen LogP contribution in [0, 0.1) is 0 Å². The molecule has 142 valence electrons. The molecular weight excluding hydrogens is 334 g/mol. The molecule has 7 heteroatoms. The Hall–Kier alpha value is -2.44. The summed E-state index contributed by atoms with van der Waals surface area (Å²) in [6.45, 7) is 7.19. The number of urea groups is 1. The Balaban J connectivity index is 1.72. The normalized spacial score (nSPS) is 24.2. The Morgan fingerprint density at radius 1 is 1.38 bits per heavy atom. The minimum Gasteiger partial charge on any atom is -0.497 e. The van der Waals surface area contributed by atoms with Gasteiger partial charge in [0.05, 0.1) is 25.7 Å². The van der Waals surface area contributed by atoms with E-state index in [-0.39, 0.29) is 17.5 Å². The third-order valence-corrected chi connectivity index (χ3v) is 4.86. The molecule has 26 heavy (non-hydrogen) atoms. The molecule has 2 aliphatic heterocycles. The summed E-state index contributed by atoms with van der Waals surface area (Å²) in [7, 11) is 1.62. The van der Waals surface area contributed by atoms with Crippen molar-refractivity contribution < 1.29 is 19.1 Å². The molecule has 0 aliphatic carbocycles. The van der Waals surface area contributed by atoms with Crippen molar-refractivity contribution >= 4 is 11.9 Å². The second-order valence-corrected chi connectivity index (χ2v) is 7.96. The van der Waals surface area contributed by atoms with Crippen molar-refractivity contribution in [2.75, 3.05) is 20.2 Å².